The largest absolute Gasteiger partial charge is 0.472 e. The van der Waals surface area contributed by atoms with E-state index in [1.165, 1.54) is 6.07 Å². The van der Waals surface area contributed by atoms with Gasteiger partial charge >= 0.3 is 27.0 Å². The molecule has 4 aromatic heterocycles. The summed E-state index contributed by atoms with van der Waals surface area (Å²) in [6, 6.07) is 2.35. The molecule has 7 rings (SSSR count). The number of aliphatic hydroxyl groups excluding tert-OH is 5. The summed E-state index contributed by atoms with van der Waals surface area (Å²) in [7, 11) is -10.8. The minimum Gasteiger partial charge on any atom is -0.394 e. The number of ether oxygens (including phenoxy) is 3. The van der Waals surface area contributed by atoms with Gasteiger partial charge in [0.15, 0.2) is 29.8 Å². The Kier molecular flexibility index (Phi) is 12.1. The van der Waals surface area contributed by atoms with Crippen molar-refractivity contribution >= 4 is 44.4 Å². The average Bonchev–Trinajstić information content (AvgIpc) is 3.89. The number of aromatic nitrogens is 8. The van der Waals surface area contributed by atoms with Crippen LogP contribution < -0.4 is 34.1 Å². The molecule has 14 atom stereocenters. The fourth-order valence-electron chi connectivity index (χ4n) is 6.61. The molecule has 14 N–H and O–H groups in total. The first-order valence-corrected chi connectivity index (χ1v) is 20.3. The van der Waals surface area contributed by atoms with E-state index in [0.717, 1.165) is 33.9 Å². The van der Waals surface area contributed by atoms with Gasteiger partial charge in [0.05, 0.1) is 26.1 Å². The van der Waals surface area contributed by atoms with Crippen molar-refractivity contribution in [2.75, 3.05) is 37.0 Å². The number of hydrogen-bond acceptors (Lipinski definition) is 24. The Morgan fingerprint density at radius 3 is 1.73 bits per heavy atom. The number of nitrogen functional groups attached to an aromatic ring is 3. The molecule has 30 nitrogen and oxygen atoms in total. The molecule has 3 aliphatic rings. The molecule has 0 spiro atoms. The second-order valence-corrected chi connectivity index (χ2v) is 16.2. The molecule has 3 saturated heterocycles. The third-order valence-electron chi connectivity index (χ3n) is 9.43. The number of nitrogens with two attached hydrogens (primary N) is 3. The third kappa shape index (κ3) is 8.63. The maximum absolute atomic E-state index is 13.3. The van der Waals surface area contributed by atoms with Gasteiger partial charge in [0.1, 0.15) is 66.6 Å². The van der Waals surface area contributed by atoms with Crippen molar-refractivity contribution in [2.45, 2.75) is 73.6 Å². The summed E-state index contributed by atoms with van der Waals surface area (Å²) in [6.07, 6.45) is -17.8. The van der Waals surface area contributed by atoms with Gasteiger partial charge in [-0.15, -0.1) is 0 Å². The van der Waals surface area contributed by atoms with Crippen molar-refractivity contribution in [3.8, 4) is 0 Å². The van der Waals surface area contributed by atoms with Crippen molar-refractivity contribution in [1.82, 2.24) is 38.6 Å². The molecule has 3 fully saturated rings. The number of phosphoric acid groups is 2. The molecule has 0 amide bonds. The van der Waals surface area contributed by atoms with E-state index in [9.17, 15) is 58.8 Å². The van der Waals surface area contributed by atoms with Gasteiger partial charge < -0.3 is 66.7 Å². The van der Waals surface area contributed by atoms with E-state index in [2.05, 4.69) is 24.9 Å². The fraction of sp³-hybridized carbons (Fsp3) is 0.536. The van der Waals surface area contributed by atoms with Crippen LogP contribution in [0.15, 0.2) is 45.2 Å². The van der Waals surface area contributed by atoms with Gasteiger partial charge in [-0.25, -0.2) is 23.7 Å². The zero-order chi connectivity index (χ0) is 43.4. The van der Waals surface area contributed by atoms with Gasteiger partial charge in [-0.3, -0.25) is 41.6 Å². The van der Waals surface area contributed by atoms with E-state index in [1.54, 1.807) is 0 Å². The van der Waals surface area contributed by atoms with Crippen molar-refractivity contribution < 1.29 is 76.8 Å². The lowest BCUT2D eigenvalue weighted by Gasteiger charge is -2.25. The average molecular weight is 894 g/mol. The van der Waals surface area contributed by atoms with E-state index in [0.29, 0.717) is 4.57 Å². The number of phosphoric ester groups is 2. The maximum Gasteiger partial charge on any atom is 0.472 e. The fourth-order valence-corrected chi connectivity index (χ4v) is 8.54. The molecule has 3 aliphatic heterocycles. The molecule has 60 heavy (non-hydrogen) atoms. The first kappa shape index (κ1) is 43.5. The molecule has 0 aromatic carbocycles. The highest BCUT2D eigenvalue weighted by atomic mass is 31.2. The molecule has 0 aliphatic carbocycles. The normalized spacial score (nSPS) is 32.6. The minimum absolute atomic E-state index is 0.144. The van der Waals surface area contributed by atoms with E-state index in [1.807, 2.05) is 0 Å². The lowest BCUT2D eigenvalue weighted by atomic mass is 10.1. The summed E-state index contributed by atoms with van der Waals surface area (Å²) in [5, 5.41) is 53.4. The van der Waals surface area contributed by atoms with Crippen LogP contribution in [0, 0.1) is 0 Å². The SMILES string of the molecule is Nc1ccn(C2OC(COP(=O)(O)OC3C(COP(=O)(O)OC4C(CO)OC(n5cnc6c(=O)[nH]c(N)nc65)C4O)OC(n4ccc(N)nc4=O)C3O)C(O)C2O)c(=O)n1. The highest BCUT2D eigenvalue weighted by Crippen LogP contribution is 2.52. The summed E-state index contributed by atoms with van der Waals surface area (Å²) in [4.78, 5) is 75.8. The van der Waals surface area contributed by atoms with Crippen LogP contribution in [0.3, 0.4) is 0 Å². The van der Waals surface area contributed by atoms with Crippen LogP contribution in [-0.4, -0.2) is 149 Å². The zero-order valence-electron chi connectivity index (χ0n) is 30.2. The number of imidazole rings is 1. The molecule has 328 valence electrons. The first-order chi connectivity index (χ1) is 28.3. The van der Waals surface area contributed by atoms with Crippen LogP contribution in [0.2, 0.25) is 0 Å². The molecule has 0 saturated carbocycles. The Labute approximate surface area is 332 Å². The number of H-pyrrole nitrogens is 1. The standard InChI is InChI=1S/C28H37N11O19P2/c29-12-1-3-37(27(46)33-12)23-16(42)15(41)10(55-23)6-52-59(48,49)58-20-11(56-24(18(20)44)38-4-2-13(30)34-28(38)47)7-53-60(50,51)57-19-9(5-40)54-25(17(19)43)39-8-32-14-21(39)35-26(31)36-22(14)45/h1-4,8-11,15-20,23-25,40-44H,5-7H2,(H,48,49)(H,50,51)(H2,29,33,46)(H2,30,34,47)(H3,31,35,36,45). The van der Waals surface area contributed by atoms with Gasteiger partial charge in [0.25, 0.3) is 5.56 Å². The Morgan fingerprint density at radius 1 is 0.700 bits per heavy atom. The van der Waals surface area contributed by atoms with Gasteiger partial charge in [0, 0.05) is 12.4 Å². The monoisotopic (exact) mass is 893 g/mol. The number of rotatable bonds is 14. The summed E-state index contributed by atoms with van der Waals surface area (Å²) in [5.41, 5.74) is 13.6. The summed E-state index contributed by atoms with van der Waals surface area (Å²) in [6.45, 7) is -2.96. The first-order valence-electron chi connectivity index (χ1n) is 17.3. The van der Waals surface area contributed by atoms with Crippen LogP contribution in [0.1, 0.15) is 18.7 Å². The number of aliphatic hydroxyl groups is 5. The molecule has 14 unspecified atom stereocenters. The van der Waals surface area contributed by atoms with Crippen molar-refractivity contribution in [3.63, 3.8) is 0 Å². The van der Waals surface area contributed by atoms with Crippen LogP contribution in [0.25, 0.3) is 11.2 Å². The third-order valence-corrected chi connectivity index (χ3v) is 11.4. The molecule has 7 heterocycles. The molecule has 0 bridgehead atoms. The smallest absolute Gasteiger partial charge is 0.394 e. The number of anilines is 3. The second kappa shape index (κ2) is 16.7. The number of hydrogen-bond donors (Lipinski definition) is 11. The van der Waals surface area contributed by atoms with Gasteiger partial charge in [-0.2, -0.15) is 15.0 Å². The summed E-state index contributed by atoms with van der Waals surface area (Å²) in [5.74, 6) is -0.676. The van der Waals surface area contributed by atoms with Crippen molar-refractivity contribution in [3.05, 3.63) is 62.2 Å². The lowest BCUT2D eigenvalue weighted by molar-refractivity contribution is -0.0641. The van der Waals surface area contributed by atoms with Crippen molar-refractivity contribution in [1.29, 1.82) is 0 Å². The summed E-state index contributed by atoms with van der Waals surface area (Å²) >= 11 is 0. The number of nitrogens with one attached hydrogen (secondary N) is 1. The predicted octanol–water partition coefficient (Wildman–Crippen LogP) is -5.49. The highest BCUT2D eigenvalue weighted by Gasteiger charge is 2.53. The van der Waals surface area contributed by atoms with E-state index < -0.39 is 126 Å². The van der Waals surface area contributed by atoms with Crippen molar-refractivity contribution in [2.24, 2.45) is 0 Å². The second-order valence-electron chi connectivity index (χ2n) is 13.4. The highest BCUT2D eigenvalue weighted by molar-refractivity contribution is 7.47. The molecule has 4 aromatic rings. The Balaban J connectivity index is 1.06. The molecular weight excluding hydrogens is 856 g/mol. The Morgan fingerprint density at radius 2 is 1.18 bits per heavy atom. The topological polar surface area (TPSA) is 452 Å². The molecule has 32 heteroatoms. The number of nitrogens with zero attached hydrogens (tertiary/aromatic N) is 7. The van der Waals surface area contributed by atoms with Crippen LogP contribution in [0.4, 0.5) is 17.6 Å². The summed E-state index contributed by atoms with van der Waals surface area (Å²) < 4.78 is 66.5. The van der Waals surface area contributed by atoms with E-state index >= 15 is 0 Å². The molecule has 0 radical (unpaired) electrons. The maximum atomic E-state index is 13.3. The Bertz CT molecular complexity index is 2500. The minimum atomic E-state index is -5.40. The Hall–Kier alpha value is -4.59. The molecular formula is C28H37N11O19P2. The van der Waals surface area contributed by atoms with Crippen LogP contribution in [0.5, 0.6) is 0 Å². The van der Waals surface area contributed by atoms with Crippen LogP contribution >= 0.6 is 15.6 Å². The quantitative estimate of drug-likeness (QED) is 0.0526. The van der Waals surface area contributed by atoms with Gasteiger partial charge in [0.2, 0.25) is 5.95 Å². The number of aromatic amines is 1. The van der Waals surface area contributed by atoms with Gasteiger partial charge in [-0.05, 0) is 12.1 Å². The van der Waals surface area contributed by atoms with E-state index in [-0.39, 0.29) is 28.7 Å². The zero-order valence-corrected chi connectivity index (χ0v) is 32.0. The predicted molar refractivity (Wildman–Crippen MR) is 193 cm³/mol. The number of fused-ring (bicyclic) bond motifs is 1. The van der Waals surface area contributed by atoms with Crippen LogP contribution in [-0.2, 0) is 41.4 Å². The van der Waals surface area contributed by atoms with Gasteiger partial charge in [-0.1, -0.05) is 0 Å². The van der Waals surface area contributed by atoms with E-state index in [4.69, 9.17) is 49.5 Å². The lowest BCUT2D eigenvalue weighted by Crippen LogP contribution is -2.38.